The number of primary amides is 1. The highest BCUT2D eigenvalue weighted by Gasteiger charge is 2.20. The van der Waals surface area contributed by atoms with Crippen LogP contribution in [-0.4, -0.2) is 23.0 Å². The molecule has 1 saturated carbocycles. The van der Waals surface area contributed by atoms with Crippen LogP contribution in [0.25, 0.3) is 0 Å². The Balaban J connectivity index is 2.32. The van der Waals surface area contributed by atoms with Gasteiger partial charge in [0.25, 0.3) is 0 Å². The molecule has 5 nitrogen and oxygen atoms in total. The van der Waals surface area contributed by atoms with E-state index >= 15 is 0 Å². The van der Waals surface area contributed by atoms with Gasteiger partial charge in [0, 0.05) is 17.3 Å². The van der Waals surface area contributed by atoms with Crippen LogP contribution in [-0.2, 0) is 0 Å². The molecule has 1 aliphatic carbocycles. The fourth-order valence-corrected chi connectivity index (χ4v) is 1.78. The summed E-state index contributed by atoms with van der Waals surface area (Å²) in [4.78, 5) is 22.1. The molecule has 1 aliphatic rings. The van der Waals surface area contributed by atoms with Crippen LogP contribution in [0.3, 0.4) is 0 Å². The lowest BCUT2D eigenvalue weighted by atomic mass is 9.92. The molecule has 90 valence electrons. The molecule has 1 fully saturated rings. The smallest absolute Gasteiger partial charge is 0.337 e. The summed E-state index contributed by atoms with van der Waals surface area (Å²) in [6.45, 7) is 0. The fourth-order valence-electron chi connectivity index (χ4n) is 1.78. The van der Waals surface area contributed by atoms with Crippen LogP contribution in [0, 0.1) is 0 Å². The Labute approximate surface area is 98.6 Å². The summed E-state index contributed by atoms with van der Waals surface area (Å²) in [5.74, 6) is -1.57. The van der Waals surface area contributed by atoms with Crippen molar-refractivity contribution in [2.24, 2.45) is 5.73 Å². The molecule has 0 atom stereocenters. The zero-order valence-corrected chi connectivity index (χ0v) is 9.27. The number of anilines is 1. The van der Waals surface area contributed by atoms with Crippen LogP contribution in [0.5, 0.6) is 0 Å². The van der Waals surface area contributed by atoms with Crippen molar-refractivity contribution >= 4 is 17.6 Å². The molecule has 17 heavy (non-hydrogen) atoms. The van der Waals surface area contributed by atoms with Crippen molar-refractivity contribution in [1.29, 1.82) is 0 Å². The molecule has 0 aromatic heterocycles. The number of nitrogens with one attached hydrogen (secondary N) is 1. The van der Waals surface area contributed by atoms with E-state index in [9.17, 15) is 9.59 Å². The Bertz CT molecular complexity index is 467. The van der Waals surface area contributed by atoms with Gasteiger partial charge in [-0.15, -0.1) is 0 Å². The van der Waals surface area contributed by atoms with E-state index in [1.807, 2.05) is 0 Å². The number of carbonyl (C=O) groups is 2. The van der Waals surface area contributed by atoms with Gasteiger partial charge < -0.3 is 16.2 Å². The molecule has 0 heterocycles. The van der Waals surface area contributed by atoms with Gasteiger partial charge >= 0.3 is 5.97 Å². The topological polar surface area (TPSA) is 92.4 Å². The molecule has 2 rings (SSSR count). The second kappa shape index (κ2) is 4.45. The van der Waals surface area contributed by atoms with Crippen molar-refractivity contribution in [2.45, 2.75) is 25.3 Å². The maximum Gasteiger partial charge on any atom is 0.337 e. The van der Waals surface area contributed by atoms with Gasteiger partial charge in [0.1, 0.15) is 0 Å². The summed E-state index contributed by atoms with van der Waals surface area (Å²) in [6.07, 6.45) is 3.20. The Morgan fingerprint density at radius 3 is 2.53 bits per heavy atom. The molecule has 1 amide bonds. The lowest BCUT2D eigenvalue weighted by Crippen LogP contribution is -2.28. The average Bonchev–Trinajstić information content (AvgIpc) is 2.22. The Kier molecular flexibility index (Phi) is 2.99. The maximum atomic E-state index is 11.1. The molecule has 0 bridgehead atoms. The number of rotatable bonds is 4. The van der Waals surface area contributed by atoms with Crippen molar-refractivity contribution in [2.75, 3.05) is 5.32 Å². The maximum absolute atomic E-state index is 11.1. The SMILES string of the molecule is NC(=O)c1ccc(C(=O)O)c(NC2CCC2)c1. The van der Waals surface area contributed by atoms with E-state index < -0.39 is 11.9 Å². The Hall–Kier alpha value is -2.04. The molecule has 1 aromatic rings. The average molecular weight is 234 g/mol. The third kappa shape index (κ3) is 2.38. The third-order valence-electron chi connectivity index (χ3n) is 3.00. The largest absolute Gasteiger partial charge is 0.478 e. The van der Waals surface area contributed by atoms with Crippen molar-refractivity contribution < 1.29 is 14.7 Å². The summed E-state index contributed by atoms with van der Waals surface area (Å²) >= 11 is 0. The second-order valence-electron chi connectivity index (χ2n) is 4.20. The summed E-state index contributed by atoms with van der Waals surface area (Å²) in [5, 5.41) is 12.2. The van der Waals surface area contributed by atoms with Crippen LogP contribution in [0.4, 0.5) is 5.69 Å². The number of hydrogen-bond acceptors (Lipinski definition) is 3. The first-order valence-corrected chi connectivity index (χ1v) is 5.51. The molecule has 0 unspecified atom stereocenters. The van der Waals surface area contributed by atoms with Gasteiger partial charge in [-0.3, -0.25) is 4.79 Å². The standard InChI is InChI=1S/C12H14N2O3/c13-11(15)7-4-5-9(12(16)17)10(6-7)14-8-2-1-3-8/h4-6,8,14H,1-3H2,(H2,13,15)(H,16,17). The number of hydrogen-bond donors (Lipinski definition) is 3. The van der Waals surface area contributed by atoms with Crippen LogP contribution >= 0.6 is 0 Å². The lowest BCUT2D eigenvalue weighted by molar-refractivity contribution is 0.0697. The van der Waals surface area contributed by atoms with E-state index in [1.165, 1.54) is 18.2 Å². The quantitative estimate of drug-likeness (QED) is 0.735. The highest BCUT2D eigenvalue weighted by atomic mass is 16.4. The molecule has 0 radical (unpaired) electrons. The van der Waals surface area contributed by atoms with Gasteiger partial charge in [-0.1, -0.05) is 0 Å². The summed E-state index contributed by atoms with van der Waals surface area (Å²) in [6, 6.07) is 4.64. The van der Waals surface area contributed by atoms with Gasteiger partial charge in [-0.25, -0.2) is 4.79 Å². The van der Waals surface area contributed by atoms with E-state index in [0.29, 0.717) is 17.3 Å². The number of carbonyl (C=O) groups excluding carboxylic acids is 1. The first-order chi connectivity index (χ1) is 8.08. The number of nitrogens with two attached hydrogens (primary N) is 1. The van der Waals surface area contributed by atoms with Crippen molar-refractivity contribution in [3.63, 3.8) is 0 Å². The van der Waals surface area contributed by atoms with Crippen LogP contribution in [0.1, 0.15) is 40.0 Å². The summed E-state index contributed by atoms with van der Waals surface area (Å²) < 4.78 is 0. The lowest BCUT2D eigenvalue weighted by Gasteiger charge is -2.28. The first-order valence-electron chi connectivity index (χ1n) is 5.51. The first kappa shape index (κ1) is 11.4. The van der Waals surface area contributed by atoms with E-state index in [0.717, 1.165) is 19.3 Å². The number of amides is 1. The van der Waals surface area contributed by atoms with Gasteiger partial charge in [0.2, 0.25) is 5.91 Å². The minimum Gasteiger partial charge on any atom is -0.478 e. The van der Waals surface area contributed by atoms with Gasteiger partial charge in [0.15, 0.2) is 0 Å². The highest BCUT2D eigenvalue weighted by molar-refractivity contribution is 5.99. The highest BCUT2D eigenvalue weighted by Crippen LogP contribution is 2.26. The zero-order chi connectivity index (χ0) is 12.4. The van der Waals surface area contributed by atoms with Gasteiger partial charge in [0.05, 0.1) is 5.56 Å². The van der Waals surface area contributed by atoms with Crippen LogP contribution in [0.2, 0.25) is 0 Å². The molecular formula is C12H14N2O3. The molecule has 1 aromatic carbocycles. The number of aromatic carboxylic acids is 1. The van der Waals surface area contributed by atoms with Crippen molar-refractivity contribution in [3.05, 3.63) is 29.3 Å². The number of benzene rings is 1. The predicted molar refractivity (Wildman–Crippen MR) is 63.2 cm³/mol. The minimum absolute atomic E-state index is 0.168. The summed E-state index contributed by atoms with van der Waals surface area (Å²) in [5.41, 5.74) is 6.13. The monoisotopic (exact) mass is 234 g/mol. The molecule has 0 aliphatic heterocycles. The molecule has 4 N–H and O–H groups in total. The van der Waals surface area contributed by atoms with Crippen LogP contribution < -0.4 is 11.1 Å². The molecule has 5 heteroatoms. The normalized spacial score (nSPS) is 15.1. The zero-order valence-electron chi connectivity index (χ0n) is 9.27. The van der Waals surface area contributed by atoms with E-state index in [2.05, 4.69) is 5.32 Å². The van der Waals surface area contributed by atoms with Gasteiger partial charge in [-0.05, 0) is 37.5 Å². The minimum atomic E-state index is -1.01. The molecule has 0 saturated heterocycles. The third-order valence-corrected chi connectivity index (χ3v) is 3.00. The van der Waals surface area contributed by atoms with E-state index in [4.69, 9.17) is 10.8 Å². The number of carboxylic acid groups (broad SMARTS) is 1. The van der Waals surface area contributed by atoms with E-state index in [-0.39, 0.29) is 5.56 Å². The van der Waals surface area contributed by atoms with Crippen molar-refractivity contribution in [3.8, 4) is 0 Å². The Morgan fingerprint density at radius 2 is 2.06 bits per heavy atom. The van der Waals surface area contributed by atoms with Crippen molar-refractivity contribution in [1.82, 2.24) is 0 Å². The fraction of sp³-hybridized carbons (Fsp3) is 0.333. The van der Waals surface area contributed by atoms with E-state index in [1.54, 1.807) is 0 Å². The molecular weight excluding hydrogens is 220 g/mol. The number of carboxylic acids is 1. The Morgan fingerprint density at radius 1 is 1.35 bits per heavy atom. The van der Waals surface area contributed by atoms with Gasteiger partial charge in [-0.2, -0.15) is 0 Å². The second-order valence-corrected chi connectivity index (χ2v) is 4.20. The van der Waals surface area contributed by atoms with Crippen LogP contribution in [0.15, 0.2) is 18.2 Å². The molecule has 0 spiro atoms. The summed E-state index contributed by atoms with van der Waals surface area (Å²) in [7, 11) is 0. The predicted octanol–water partition coefficient (Wildman–Crippen LogP) is 1.45.